The molecule has 2 N–H and O–H groups in total. The zero-order valence-electron chi connectivity index (χ0n) is 15.4. The van der Waals surface area contributed by atoms with Crippen LogP contribution in [0, 0.1) is 0 Å². The average Bonchev–Trinajstić information content (AvgIpc) is 2.61. The van der Waals surface area contributed by atoms with Gasteiger partial charge in [0.2, 0.25) is 10.0 Å². The van der Waals surface area contributed by atoms with Crippen LogP contribution in [0.4, 0.5) is 0 Å². The standard InChI is InChI=1S/C18H26N2O5S/c1-4-18(3,17(22)23)19-16(21)14-9-7-10-15(12-14)26(24,25)20-11-6-5-8-13(20)2/h7,9-10,12-13H,4-6,8,11H2,1-3H3,(H,19,21)(H,22,23). The van der Waals surface area contributed by atoms with Crippen LogP contribution in [0.1, 0.15) is 56.8 Å². The highest BCUT2D eigenvalue weighted by atomic mass is 32.2. The van der Waals surface area contributed by atoms with Gasteiger partial charge in [0.1, 0.15) is 5.54 Å². The number of rotatable bonds is 6. The van der Waals surface area contributed by atoms with Gasteiger partial charge in [-0.05, 0) is 51.3 Å². The van der Waals surface area contributed by atoms with E-state index in [0.717, 1.165) is 19.3 Å². The molecular formula is C18H26N2O5S. The number of nitrogens with zero attached hydrogens (tertiary/aromatic N) is 1. The molecule has 2 unspecified atom stereocenters. The number of aliphatic carboxylic acids is 1. The molecule has 1 aliphatic heterocycles. The zero-order valence-corrected chi connectivity index (χ0v) is 16.2. The van der Waals surface area contributed by atoms with E-state index in [0.29, 0.717) is 6.54 Å². The third-order valence-electron chi connectivity index (χ3n) is 5.01. The van der Waals surface area contributed by atoms with Crippen molar-refractivity contribution in [3.05, 3.63) is 29.8 Å². The number of carboxylic acids is 1. The molecule has 0 radical (unpaired) electrons. The summed E-state index contributed by atoms with van der Waals surface area (Å²) in [5, 5.41) is 11.8. The van der Waals surface area contributed by atoms with Gasteiger partial charge in [-0.15, -0.1) is 0 Å². The fraction of sp³-hybridized carbons (Fsp3) is 0.556. The van der Waals surface area contributed by atoms with Crippen LogP contribution in [0.15, 0.2) is 29.2 Å². The van der Waals surface area contributed by atoms with Gasteiger partial charge in [-0.1, -0.05) is 19.4 Å². The summed E-state index contributed by atoms with van der Waals surface area (Å²) in [6, 6.07) is 5.67. The molecule has 1 heterocycles. The molecule has 1 aromatic carbocycles. The maximum atomic E-state index is 12.9. The number of hydrogen-bond acceptors (Lipinski definition) is 4. The fourth-order valence-electron chi connectivity index (χ4n) is 2.98. The molecule has 1 fully saturated rings. The number of carbonyl (C=O) groups is 2. The zero-order chi connectivity index (χ0) is 19.5. The number of carboxylic acid groups (broad SMARTS) is 1. The number of sulfonamides is 1. The monoisotopic (exact) mass is 382 g/mol. The SMILES string of the molecule is CCC(C)(NC(=O)c1cccc(S(=O)(=O)N2CCCCC2C)c1)C(=O)O. The van der Waals surface area contributed by atoms with Crippen LogP contribution in [0.2, 0.25) is 0 Å². The van der Waals surface area contributed by atoms with E-state index < -0.39 is 27.4 Å². The Balaban J connectivity index is 2.30. The number of piperidine rings is 1. The lowest BCUT2D eigenvalue weighted by atomic mass is 9.98. The summed E-state index contributed by atoms with van der Waals surface area (Å²) in [5.41, 5.74) is -1.29. The lowest BCUT2D eigenvalue weighted by Gasteiger charge is -2.32. The summed E-state index contributed by atoms with van der Waals surface area (Å²) in [4.78, 5) is 23.9. The smallest absolute Gasteiger partial charge is 0.329 e. The van der Waals surface area contributed by atoms with E-state index in [1.54, 1.807) is 6.92 Å². The predicted octanol–water partition coefficient (Wildman–Crippen LogP) is 2.23. The van der Waals surface area contributed by atoms with Gasteiger partial charge in [0.05, 0.1) is 4.90 Å². The Morgan fingerprint density at radius 1 is 1.35 bits per heavy atom. The third-order valence-corrected chi connectivity index (χ3v) is 7.02. The molecule has 2 rings (SSSR count). The average molecular weight is 382 g/mol. The normalized spacial score (nSPS) is 21.0. The maximum Gasteiger partial charge on any atom is 0.329 e. The van der Waals surface area contributed by atoms with E-state index in [2.05, 4.69) is 5.32 Å². The summed E-state index contributed by atoms with van der Waals surface area (Å²) < 4.78 is 27.3. The van der Waals surface area contributed by atoms with Gasteiger partial charge < -0.3 is 10.4 Å². The fourth-order valence-corrected chi connectivity index (χ4v) is 4.72. The molecule has 1 amide bonds. The Labute approximate surface area is 154 Å². The highest BCUT2D eigenvalue weighted by Gasteiger charge is 2.34. The Morgan fingerprint density at radius 3 is 2.62 bits per heavy atom. The predicted molar refractivity (Wildman–Crippen MR) is 97.4 cm³/mol. The van der Waals surface area contributed by atoms with E-state index in [4.69, 9.17) is 0 Å². The van der Waals surface area contributed by atoms with E-state index in [1.165, 1.54) is 35.5 Å². The number of hydrogen-bond donors (Lipinski definition) is 2. The number of amides is 1. The lowest BCUT2D eigenvalue weighted by Crippen LogP contribution is -2.51. The Hall–Kier alpha value is -1.93. The molecule has 0 aromatic heterocycles. The lowest BCUT2D eigenvalue weighted by molar-refractivity contribution is -0.143. The minimum Gasteiger partial charge on any atom is -0.480 e. The first-order valence-electron chi connectivity index (χ1n) is 8.79. The van der Waals surface area contributed by atoms with E-state index in [1.807, 2.05) is 6.92 Å². The second kappa shape index (κ2) is 7.75. The molecule has 7 nitrogen and oxygen atoms in total. The van der Waals surface area contributed by atoms with Crippen LogP contribution in [-0.2, 0) is 14.8 Å². The first kappa shape index (κ1) is 20.4. The van der Waals surface area contributed by atoms with Crippen LogP contribution in [0.5, 0.6) is 0 Å². The molecule has 0 saturated carbocycles. The van der Waals surface area contributed by atoms with Crippen LogP contribution in [0.3, 0.4) is 0 Å². The van der Waals surface area contributed by atoms with Crippen molar-refractivity contribution in [2.75, 3.05) is 6.54 Å². The van der Waals surface area contributed by atoms with Gasteiger partial charge in [0.15, 0.2) is 0 Å². The third kappa shape index (κ3) is 4.07. The van der Waals surface area contributed by atoms with E-state index in [-0.39, 0.29) is 22.9 Å². The van der Waals surface area contributed by atoms with Gasteiger partial charge in [-0.3, -0.25) is 4.79 Å². The van der Waals surface area contributed by atoms with Gasteiger partial charge in [0, 0.05) is 18.2 Å². The minimum absolute atomic E-state index is 0.0485. The van der Waals surface area contributed by atoms with Gasteiger partial charge >= 0.3 is 5.97 Å². The van der Waals surface area contributed by atoms with E-state index in [9.17, 15) is 23.1 Å². The molecule has 8 heteroatoms. The molecular weight excluding hydrogens is 356 g/mol. The first-order chi connectivity index (χ1) is 12.1. The van der Waals surface area contributed by atoms with E-state index >= 15 is 0 Å². The van der Waals surface area contributed by atoms with Gasteiger partial charge in [-0.25, -0.2) is 13.2 Å². The van der Waals surface area contributed by atoms with Gasteiger partial charge in [0.25, 0.3) is 5.91 Å². The molecule has 0 aliphatic carbocycles. The Kier molecular flexibility index (Phi) is 6.08. The van der Waals surface area contributed by atoms with Crippen molar-refractivity contribution in [1.82, 2.24) is 9.62 Å². The Bertz CT molecular complexity index is 793. The topological polar surface area (TPSA) is 104 Å². The molecule has 1 aliphatic rings. The molecule has 26 heavy (non-hydrogen) atoms. The number of carbonyl (C=O) groups excluding carboxylic acids is 1. The molecule has 0 spiro atoms. The van der Waals surface area contributed by atoms with Gasteiger partial charge in [-0.2, -0.15) is 4.31 Å². The summed E-state index contributed by atoms with van der Waals surface area (Å²) in [5.74, 6) is -1.75. The summed E-state index contributed by atoms with van der Waals surface area (Å²) >= 11 is 0. The van der Waals surface area contributed by atoms with Crippen molar-refractivity contribution in [2.24, 2.45) is 0 Å². The molecule has 144 valence electrons. The highest BCUT2D eigenvalue weighted by molar-refractivity contribution is 7.89. The van der Waals surface area contributed by atoms with Crippen molar-refractivity contribution in [3.8, 4) is 0 Å². The van der Waals surface area contributed by atoms with Crippen LogP contribution < -0.4 is 5.32 Å². The number of nitrogens with one attached hydrogen (secondary N) is 1. The van der Waals surface area contributed by atoms with Crippen molar-refractivity contribution < 1.29 is 23.1 Å². The van der Waals surface area contributed by atoms with Crippen LogP contribution >= 0.6 is 0 Å². The Morgan fingerprint density at radius 2 is 2.04 bits per heavy atom. The molecule has 1 saturated heterocycles. The maximum absolute atomic E-state index is 12.9. The molecule has 2 atom stereocenters. The second-order valence-electron chi connectivity index (χ2n) is 6.93. The van der Waals surface area contributed by atoms with Crippen molar-refractivity contribution in [1.29, 1.82) is 0 Å². The van der Waals surface area contributed by atoms with Crippen molar-refractivity contribution >= 4 is 21.9 Å². The highest BCUT2D eigenvalue weighted by Crippen LogP contribution is 2.25. The minimum atomic E-state index is -3.70. The summed E-state index contributed by atoms with van der Waals surface area (Å²) in [7, 11) is -3.70. The van der Waals surface area contributed by atoms with Crippen LogP contribution in [0.25, 0.3) is 0 Å². The first-order valence-corrected chi connectivity index (χ1v) is 10.2. The molecule has 0 bridgehead atoms. The van der Waals surface area contributed by atoms with Crippen LogP contribution in [-0.4, -0.2) is 47.8 Å². The quantitative estimate of drug-likeness (QED) is 0.785. The number of benzene rings is 1. The van der Waals surface area contributed by atoms with Crippen molar-refractivity contribution in [3.63, 3.8) is 0 Å². The summed E-state index contributed by atoms with van der Waals surface area (Å²) in [6.45, 7) is 5.43. The molecule has 1 aromatic rings. The summed E-state index contributed by atoms with van der Waals surface area (Å²) in [6.07, 6.45) is 2.84. The van der Waals surface area contributed by atoms with Crippen molar-refractivity contribution in [2.45, 2.75) is 62.9 Å². The second-order valence-corrected chi connectivity index (χ2v) is 8.82. The largest absolute Gasteiger partial charge is 0.480 e.